The largest absolute Gasteiger partial charge is 0.344 e. The highest BCUT2D eigenvalue weighted by molar-refractivity contribution is 7.18. The number of likely N-dealkylation sites (N-methyl/N-ethyl adjacent to an activating group) is 1. The van der Waals surface area contributed by atoms with Gasteiger partial charge in [0.15, 0.2) is 0 Å². The van der Waals surface area contributed by atoms with Gasteiger partial charge in [-0.3, -0.25) is 19.9 Å². The number of nitrogens with one attached hydrogen (secondary N) is 2. The van der Waals surface area contributed by atoms with Crippen LogP contribution in [0.15, 0.2) is 24.3 Å². The molecule has 0 atom stereocenters. The summed E-state index contributed by atoms with van der Waals surface area (Å²) in [6.45, 7) is 0.566. The molecule has 1 aromatic carbocycles. The molecule has 1 aromatic heterocycles. The Morgan fingerprint density at radius 2 is 2.04 bits per heavy atom. The highest BCUT2D eigenvalue weighted by atomic mass is 32.1. The number of fused-ring (bicyclic) bond motifs is 1. The molecule has 2 heterocycles. The average molecular weight is 401 g/mol. The molecule has 1 aliphatic heterocycles. The van der Waals surface area contributed by atoms with Crippen molar-refractivity contribution in [3.05, 3.63) is 29.3 Å². The number of aromatic nitrogens is 1. The molecule has 1 saturated carbocycles. The Kier molecular flexibility index (Phi) is 5.03. The summed E-state index contributed by atoms with van der Waals surface area (Å²) < 4.78 is 1.10. The Morgan fingerprint density at radius 3 is 2.79 bits per heavy atom. The average Bonchev–Trinajstić information content (AvgIpc) is 3.16. The second-order valence-electron chi connectivity index (χ2n) is 7.50. The smallest absolute Gasteiger partial charge is 0.322 e. The molecule has 2 aromatic rings. The lowest BCUT2D eigenvalue weighted by Gasteiger charge is -2.30. The van der Waals surface area contributed by atoms with Crippen molar-refractivity contribution in [1.82, 2.24) is 25.6 Å². The molecule has 28 heavy (non-hydrogen) atoms. The number of amides is 4. The summed E-state index contributed by atoms with van der Waals surface area (Å²) in [4.78, 5) is 43.7. The predicted molar refractivity (Wildman–Crippen MR) is 105 cm³/mol. The minimum atomic E-state index is -0.838. The van der Waals surface area contributed by atoms with Gasteiger partial charge in [-0.25, -0.2) is 9.78 Å². The van der Waals surface area contributed by atoms with Crippen LogP contribution in [0.3, 0.4) is 0 Å². The number of carbonyl (C=O) groups excluding carboxylic acids is 3. The fourth-order valence-electron chi connectivity index (χ4n) is 3.90. The maximum Gasteiger partial charge on any atom is 0.344 e. The van der Waals surface area contributed by atoms with Gasteiger partial charge in [0.05, 0.1) is 23.3 Å². The van der Waals surface area contributed by atoms with Gasteiger partial charge in [0.25, 0.3) is 11.8 Å². The molecule has 0 bridgehead atoms. The van der Waals surface area contributed by atoms with Gasteiger partial charge in [-0.1, -0.05) is 31.4 Å². The lowest BCUT2D eigenvalue weighted by Crippen LogP contribution is -2.52. The summed E-state index contributed by atoms with van der Waals surface area (Å²) in [5, 5.41) is 4.54. The van der Waals surface area contributed by atoms with E-state index in [2.05, 4.69) is 15.7 Å². The first-order chi connectivity index (χ1) is 13.5. The number of rotatable bonds is 5. The Bertz CT molecular complexity index is 888. The molecule has 2 fully saturated rings. The molecular formula is C19H23N5O3S. The summed E-state index contributed by atoms with van der Waals surface area (Å²) in [5.74, 6) is -0.751. The van der Waals surface area contributed by atoms with E-state index in [9.17, 15) is 14.4 Å². The number of para-hydroxylation sites is 1. The van der Waals surface area contributed by atoms with Crippen molar-refractivity contribution in [3.63, 3.8) is 0 Å². The third kappa shape index (κ3) is 3.59. The second-order valence-corrected chi connectivity index (χ2v) is 8.61. The molecule has 2 N–H and O–H groups in total. The van der Waals surface area contributed by atoms with Crippen LogP contribution < -0.4 is 10.7 Å². The van der Waals surface area contributed by atoms with Crippen molar-refractivity contribution in [2.45, 2.75) is 44.2 Å². The lowest BCUT2D eigenvalue weighted by atomic mass is 9.82. The van der Waals surface area contributed by atoms with Crippen LogP contribution in [-0.4, -0.2) is 51.9 Å². The van der Waals surface area contributed by atoms with Gasteiger partial charge < -0.3 is 5.32 Å². The van der Waals surface area contributed by atoms with Crippen molar-refractivity contribution in [1.29, 1.82) is 0 Å². The molecule has 148 valence electrons. The molecule has 1 saturated heterocycles. The SMILES string of the molecule is CN(CC(=O)NN1C(=O)NC2(CCCCC2)C1=O)Cc1nc2ccccc2s1. The van der Waals surface area contributed by atoms with Crippen LogP contribution in [-0.2, 0) is 16.1 Å². The molecule has 1 spiro atoms. The Balaban J connectivity index is 1.34. The van der Waals surface area contributed by atoms with Crippen LogP contribution in [0, 0.1) is 0 Å². The maximum absolute atomic E-state index is 12.7. The van der Waals surface area contributed by atoms with Gasteiger partial charge in [0, 0.05) is 0 Å². The van der Waals surface area contributed by atoms with Crippen molar-refractivity contribution in [2.75, 3.05) is 13.6 Å². The van der Waals surface area contributed by atoms with E-state index in [1.54, 1.807) is 18.4 Å². The quantitative estimate of drug-likeness (QED) is 0.748. The zero-order valence-corrected chi connectivity index (χ0v) is 16.6. The van der Waals surface area contributed by atoms with E-state index in [-0.39, 0.29) is 12.5 Å². The summed E-state index contributed by atoms with van der Waals surface area (Å²) in [5.41, 5.74) is 2.57. The van der Waals surface area contributed by atoms with Gasteiger partial charge in [-0.05, 0) is 32.0 Å². The predicted octanol–water partition coefficient (Wildman–Crippen LogP) is 2.01. The Labute approximate surface area is 166 Å². The van der Waals surface area contributed by atoms with E-state index in [1.807, 2.05) is 29.2 Å². The molecule has 2 aliphatic rings. The first kappa shape index (κ1) is 18.8. The molecule has 0 unspecified atom stereocenters. The summed E-state index contributed by atoms with van der Waals surface area (Å²) in [6.07, 6.45) is 4.12. The number of hydrogen-bond acceptors (Lipinski definition) is 6. The number of imide groups is 1. The molecule has 8 nitrogen and oxygen atoms in total. The van der Waals surface area contributed by atoms with Crippen molar-refractivity contribution in [2.24, 2.45) is 0 Å². The number of hydrogen-bond donors (Lipinski definition) is 2. The van der Waals surface area contributed by atoms with Gasteiger partial charge in [0.2, 0.25) is 0 Å². The minimum Gasteiger partial charge on any atom is -0.322 e. The van der Waals surface area contributed by atoms with E-state index in [0.29, 0.717) is 19.4 Å². The third-order valence-corrected chi connectivity index (χ3v) is 6.28. The van der Waals surface area contributed by atoms with Crippen LogP contribution in [0.4, 0.5) is 4.79 Å². The highest BCUT2D eigenvalue weighted by Crippen LogP contribution is 2.33. The summed E-state index contributed by atoms with van der Waals surface area (Å²) in [6, 6.07) is 7.34. The van der Waals surface area contributed by atoms with E-state index in [1.165, 1.54) is 0 Å². The number of nitrogens with zero attached hydrogens (tertiary/aromatic N) is 3. The first-order valence-corrected chi connectivity index (χ1v) is 10.3. The molecule has 9 heteroatoms. The lowest BCUT2D eigenvalue weighted by molar-refractivity contribution is -0.140. The topological polar surface area (TPSA) is 94.6 Å². The molecule has 4 rings (SSSR count). The van der Waals surface area contributed by atoms with E-state index in [4.69, 9.17) is 0 Å². The normalized spacial score (nSPS) is 18.9. The highest BCUT2D eigenvalue weighted by Gasteiger charge is 2.52. The number of urea groups is 1. The number of thiazole rings is 1. The Morgan fingerprint density at radius 1 is 1.29 bits per heavy atom. The fourth-order valence-corrected chi connectivity index (χ4v) is 4.94. The molecule has 1 aliphatic carbocycles. The second kappa shape index (κ2) is 7.48. The van der Waals surface area contributed by atoms with Gasteiger partial charge in [0.1, 0.15) is 10.5 Å². The number of hydrazine groups is 1. The van der Waals surface area contributed by atoms with Crippen molar-refractivity contribution < 1.29 is 14.4 Å². The van der Waals surface area contributed by atoms with Gasteiger partial charge in [-0.2, -0.15) is 5.01 Å². The molecular weight excluding hydrogens is 378 g/mol. The van der Waals surface area contributed by atoms with Gasteiger partial charge >= 0.3 is 6.03 Å². The van der Waals surface area contributed by atoms with Crippen molar-refractivity contribution >= 4 is 39.4 Å². The van der Waals surface area contributed by atoms with Crippen LogP contribution in [0.1, 0.15) is 37.1 Å². The minimum absolute atomic E-state index is 0.0555. The Hall–Kier alpha value is -2.52. The zero-order chi connectivity index (χ0) is 19.7. The van der Waals surface area contributed by atoms with E-state index >= 15 is 0 Å². The standard InChI is InChI=1S/C19H23N5O3S/c1-23(12-16-20-13-7-3-4-8-14(13)28-16)11-15(25)22-24-17(26)19(21-18(24)27)9-5-2-6-10-19/h3-4,7-8H,2,5-6,9-12H2,1H3,(H,21,27)(H,22,25). The number of carbonyl (C=O) groups is 3. The first-order valence-electron chi connectivity index (χ1n) is 9.46. The number of benzene rings is 1. The maximum atomic E-state index is 12.7. The molecule has 0 radical (unpaired) electrons. The zero-order valence-electron chi connectivity index (χ0n) is 15.7. The monoisotopic (exact) mass is 401 g/mol. The fraction of sp³-hybridized carbons (Fsp3) is 0.474. The molecule has 4 amide bonds. The van der Waals surface area contributed by atoms with E-state index in [0.717, 1.165) is 39.5 Å². The van der Waals surface area contributed by atoms with Crippen LogP contribution >= 0.6 is 11.3 Å². The third-order valence-electron chi connectivity index (χ3n) is 5.26. The summed E-state index contributed by atoms with van der Waals surface area (Å²) in [7, 11) is 1.81. The van der Waals surface area contributed by atoms with Crippen LogP contribution in [0.5, 0.6) is 0 Å². The van der Waals surface area contributed by atoms with Crippen LogP contribution in [0.25, 0.3) is 10.2 Å². The van der Waals surface area contributed by atoms with Crippen LogP contribution in [0.2, 0.25) is 0 Å². The summed E-state index contributed by atoms with van der Waals surface area (Å²) >= 11 is 1.59. The van der Waals surface area contributed by atoms with Gasteiger partial charge in [-0.15, -0.1) is 11.3 Å². The van der Waals surface area contributed by atoms with E-state index < -0.39 is 17.5 Å². The van der Waals surface area contributed by atoms with Crippen molar-refractivity contribution in [3.8, 4) is 0 Å².